The fraction of sp³-hybridized carbons (Fsp3) is 0.267. The van der Waals surface area contributed by atoms with Gasteiger partial charge in [0.05, 0.1) is 16.5 Å². The van der Waals surface area contributed by atoms with Crippen LogP contribution in [-0.4, -0.2) is 10.9 Å². The number of nitrogens with zero attached hydrogens (tertiary/aromatic N) is 2. The molecule has 0 radical (unpaired) electrons. The van der Waals surface area contributed by atoms with Crippen LogP contribution in [0.3, 0.4) is 0 Å². The molecule has 1 aromatic carbocycles. The van der Waals surface area contributed by atoms with Crippen molar-refractivity contribution in [3.05, 3.63) is 36.0 Å². The molecule has 0 spiro atoms. The molecule has 0 atom stereocenters. The van der Waals surface area contributed by atoms with E-state index in [1.165, 1.54) is 11.3 Å². The van der Waals surface area contributed by atoms with Crippen molar-refractivity contribution in [1.82, 2.24) is 4.98 Å². The summed E-state index contributed by atoms with van der Waals surface area (Å²) in [5, 5.41) is 12.4. The summed E-state index contributed by atoms with van der Waals surface area (Å²) >= 11 is 1.43. The smallest absolute Gasteiger partial charge is 0.229 e. The van der Waals surface area contributed by atoms with Crippen LogP contribution in [-0.2, 0) is 4.79 Å². The molecule has 1 N–H and O–H groups in total. The molecule has 0 aliphatic heterocycles. The van der Waals surface area contributed by atoms with Crippen molar-refractivity contribution < 1.29 is 4.79 Å². The molecule has 1 heterocycles. The molecule has 0 bridgehead atoms. The predicted molar refractivity (Wildman–Crippen MR) is 78.2 cm³/mol. The third kappa shape index (κ3) is 2.56. The summed E-state index contributed by atoms with van der Waals surface area (Å²) in [4.78, 5) is 17.0. The summed E-state index contributed by atoms with van der Waals surface area (Å²) in [5.41, 5.74) is 1.57. The quantitative estimate of drug-likeness (QED) is 0.938. The van der Waals surface area contributed by atoms with Gasteiger partial charge in [-0.2, -0.15) is 5.26 Å². The molecule has 100 valence electrons. The number of hydrogen-bond donors (Lipinski definition) is 1. The highest BCUT2D eigenvalue weighted by Gasteiger charge is 2.25. The summed E-state index contributed by atoms with van der Waals surface area (Å²) in [6.45, 7) is 0. The van der Waals surface area contributed by atoms with Gasteiger partial charge in [-0.25, -0.2) is 4.98 Å². The molecule has 0 saturated heterocycles. The fourth-order valence-electron chi connectivity index (χ4n) is 2.09. The maximum atomic E-state index is 11.9. The average molecular weight is 283 g/mol. The molecule has 4 nitrogen and oxygen atoms in total. The van der Waals surface area contributed by atoms with Crippen molar-refractivity contribution in [1.29, 1.82) is 5.26 Å². The Morgan fingerprint density at radius 3 is 3.00 bits per heavy atom. The third-order valence-corrected chi connectivity index (χ3v) is 4.45. The summed E-state index contributed by atoms with van der Waals surface area (Å²) in [5.74, 6) is 0.229. The van der Waals surface area contributed by atoms with Gasteiger partial charge in [0, 0.05) is 12.1 Å². The molecule has 1 fully saturated rings. The Hall–Kier alpha value is -2.19. The number of rotatable bonds is 3. The van der Waals surface area contributed by atoms with Crippen molar-refractivity contribution in [2.24, 2.45) is 5.92 Å². The van der Waals surface area contributed by atoms with Gasteiger partial charge < -0.3 is 5.32 Å². The number of aromatic nitrogens is 1. The van der Waals surface area contributed by atoms with Crippen LogP contribution < -0.4 is 5.32 Å². The van der Waals surface area contributed by atoms with E-state index >= 15 is 0 Å². The largest absolute Gasteiger partial charge is 0.302 e. The van der Waals surface area contributed by atoms with Crippen molar-refractivity contribution in [3.63, 3.8) is 0 Å². The van der Waals surface area contributed by atoms with Crippen LogP contribution in [0, 0.1) is 17.2 Å². The number of thiazole rings is 1. The molecule has 20 heavy (non-hydrogen) atoms. The van der Waals surface area contributed by atoms with Crippen LogP contribution in [0.2, 0.25) is 0 Å². The van der Waals surface area contributed by atoms with Gasteiger partial charge in [0.2, 0.25) is 5.91 Å². The van der Waals surface area contributed by atoms with Gasteiger partial charge in [0.15, 0.2) is 5.13 Å². The molecule has 1 aromatic heterocycles. The zero-order valence-corrected chi connectivity index (χ0v) is 11.6. The molecular weight excluding hydrogens is 270 g/mol. The minimum atomic E-state index is 0.0722. The maximum Gasteiger partial charge on any atom is 0.229 e. The average Bonchev–Trinajstić information content (AvgIpc) is 2.85. The molecule has 5 heteroatoms. The van der Waals surface area contributed by atoms with Crippen LogP contribution in [0.4, 0.5) is 5.13 Å². The lowest BCUT2D eigenvalue weighted by Gasteiger charge is -2.23. The number of nitriles is 1. The first-order valence-corrected chi connectivity index (χ1v) is 7.35. The number of nitrogens with one attached hydrogen (secondary N) is 1. The fourth-order valence-corrected chi connectivity index (χ4v) is 2.90. The number of hydrogen-bond acceptors (Lipinski definition) is 4. The maximum absolute atomic E-state index is 11.9. The van der Waals surface area contributed by atoms with Crippen molar-refractivity contribution in [2.45, 2.75) is 19.3 Å². The van der Waals surface area contributed by atoms with Crippen LogP contribution in [0.5, 0.6) is 0 Å². The molecule has 3 rings (SSSR count). The number of anilines is 1. The highest BCUT2D eigenvalue weighted by atomic mass is 32.1. The van der Waals surface area contributed by atoms with Gasteiger partial charge in [0.25, 0.3) is 0 Å². The van der Waals surface area contributed by atoms with Gasteiger partial charge in [-0.3, -0.25) is 4.79 Å². The van der Waals surface area contributed by atoms with E-state index in [0.29, 0.717) is 10.7 Å². The molecular formula is C15H13N3OS. The second kappa shape index (κ2) is 5.43. The van der Waals surface area contributed by atoms with Gasteiger partial charge in [-0.1, -0.05) is 29.9 Å². The van der Waals surface area contributed by atoms with E-state index < -0.39 is 0 Å². The lowest BCUT2D eigenvalue weighted by molar-refractivity contribution is -0.122. The van der Waals surface area contributed by atoms with E-state index in [-0.39, 0.29) is 11.8 Å². The minimum absolute atomic E-state index is 0.0722. The van der Waals surface area contributed by atoms with E-state index in [1.807, 2.05) is 18.2 Å². The number of carbonyl (C=O) groups is 1. The van der Waals surface area contributed by atoms with Crippen molar-refractivity contribution in [3.8, 4) is 16.5 Å². The zero-order valence-electron chi connectivity index (χ0n) is 10.8. The van der Waals surface area contributed by atoms with E-state index in [0.717, 1.165) is 29.7 Å². The van der Waals surface area contributed by atoms with Crippen LogP contribution in [0.1, 0.15) is 24.8 Å². The van der Waals surface area contributed by atoms with Crippen LogP contribution in [0.25, 0.3) is 10.4 Å². The summed E-state index contributed by atoms with van der Waals surface area (Å²) < 4.78 is 0. The Labute approximate surface area is 121 Å². The SMILES string of the molecule is N#Cc1cccc(-c2cnc(NC(=O)C3CCC3)s2)c1. The molecule has 1 aliphatic carbocycles. The zero-order chi connectivity index (χ0) is 13.9. The third-order valence-electron chi connectivity index (χ3n) is 3.49. The van der Waals surface area contributed by atoms with Crippen molar-refractivity contribution >= 4 is 22.4 Å². The summed E-state index contributed by atoms with van der Waals surface area (Å²) in [6.07, 6.45) is 4.84. The lowest BCUT2D eigenvalue weighted by Crippen LogP contribution is -2.27. The molecule has 1 saturated carbocycles. The predicted octanol–water partition coefficient (Wildman–Crippen LogP) is 3.42. The van der Waals surface area contributed by atoms with E-state index in [1.54, 1.807) is 12.3 Å². The van der Waals surface area contributed by atoms with E-state index in [2.05, 4.69) is 16.4 Å². The summed E-state index contributed by atoms with van der Waals surface area (Å²) in [6, 6.07) is 9.50. The Bertz CT molecular complexity index is 682. The first-order valence-electron chi connectivity index (χ1n) is 6.53. The standard InChI is InChI=1S/C15H13N3OS/c16-8-10-3-1-6-12(7-10)13-9-17-15(20-13)18-14(19)11-4-2-5-11/h1,3,6-7,9,11H,2,4-5H2,(H,17,18,19). The Balaban J connectivity index is 1.75. The van der Waals surface area contributed by atoms with Gasteiger partial charge in [0.1, 0.15) is 0 Å². The van der Waals surface area contributed by atoms with Gasteiger partial charge in [-0.15, -0.1) is 0 Å². The molecule has 1 amide bonds. The van der Waals surface area contributed by atoms with E-state index in [4.69, 9.17) is 5.26 Å². The highest BCUT2D eigenvalue weighted by Crippen LogP contribution is 2.31. The van der Waals surface area contributed by atoms with Gasteiger partial charge >= 0.3 is 0 Å². The molecule has 1 aliphatic rings. The first-order chi connectivity index (χ1) is 9.76. The topological polar surface area (TPSA) is 65.8 Å². The van der Waals surface area contributed by atoms with Gasteiger partial charge in [-0.05, 0) is 30.5 Å². The molecule has 2 aromatic rings. The number of carbonyl (C=O) groups excluding carboxylic acids is 1. The minimum Gasteiger partial charge on any atom is -0.302 e. The van der Waals surface area contributed by atoms with E-state index in [9.17, 15) is 4.79 Å². The summed E-state index contributed by atoms with van der Waals surface area (Å²) in [7, 11) is 0. The second-order valence-electron chi connectivity index (χ2n) is 4.84. The van der Waals surface area contributed by atoms with Crippen LogP contribution >= 0.6 is 11.3 Å². The second-order valence-corrected chi connectivity index (χ2v) is 5.87. The highest BCUT2D eigenvalue weighted by molar-refractivity contribution is 7.19. The molecule has 0 unspecified atom stereocenters. The first kappa shape index (κ1) is 12.8. The normalized spacial score (nSPS) is 14.3. The number of amides is 1. The monoisotopic (exact) mass is 283 g/mol. The lowest BCUT2D eigenvalue weighted by atomic mass is 9.85. The van der Waals surface area contributed by atoms with Crippen molar-refractivity contribution in [2.75, 3.05) is 5.32 Å². The number of benzene rings is 1. The Kier molecular flexibility index (Phi) is 3.48. The Morgan fingerprint density at radius 1 is 1.45 bits per heavy atom. The van der Waals surface area contributed by atoms with Crippen LogP contribution in [0.15, 0.2) is 30.5 Å². The Morgan fingerprint density at radius 2 is 2.30 bits per heavy atom.